The lowest BCUT2D eigenvalue weighted by atomic mass is 10.2. The monoisotopic (exact) mass is 366 g/mol. The van der Waals surface area contributed by atoms with Crippen LogP contribution in [0.4, 0.5) is 0 Å². The quantitative estimate of drug-likeness (QED) is 0.556. The predicted octanol–water partition coefficient (Wildman–Crippen LogP) is 3.54. The van der Waals surface area contributed by atoms with Gasteiger partial charge in [-0.2, -0.15) is 5.10 Å². The van der Waals surface area contributed by atoms with Crippen molar-refractivity contribution >= 4 is 22.6 Å². The molecule has 6 nitrogen and oxygen atoms in total. The first-order valence-corrected chi connectivity index (χ1v) is 8.34. The van der Waals surface area contributed by atoms with E-state index in [9.17, 15) is 4.79 Å². The summed E-state index contributed by atoms with van der Waals surface area (Å²) in [5, 5.41) is 5.29. The Bertz CT molecular complexity index is 1160. The Morgan fingerprint density at radius 2 is 1.81 bits per heavy atom. The summed E-state index contributed by atoms with van der Waals surface area (Å²) >= 11 is 6.27. The van der Waals surface area contributed by atoms with Gasteiger partial charge in [-0.3, -0.25) is 9.36 Å². The minimum Gasteiger partial charge on any atom is -0.497 e. The second-order valence-corrected chi connectivity index (χ2v) is 6.15. The molecular weight excluding hydrogens is 352 g/mol. The molecule has 0 unspecified atom stereocenters. The van der Waals surface area contributed by atoms with Crippen LogP contribution in [0.1, 0.15) is 5.82 Å². The number of hydrogen-bond acceptors (Lipinski definition) is 4. The summed E-state index contributed by atoms with van der Waals surface area (Å²) in [5.74, 6) is 1.28. The molecule has 2 aromatic heterocycles. The Balaban J connectivity index is 1.94. The zero-order chi connectivity index (χ0) is 18.3. The average molecular weight is 367 g/mol. The molecule has 0 spiro atoms. The van der Waals surface area contributed by atoms with Crippen molar-refractivity contribution < 1.29 is 4.74 Å². The molecule has 0 aliphatic carbocycles. The highest BCUT2D eigenvalue weighted by Gasteiger charge is 2.16. The highest BCUT2D eigenvalue weighted by Crippen LogP contribution is 2.23. The van der Waals surface area contributed by atoms with Crippen LogP contribution in [0.25, 0.3) is 22.4 Å². The molecule has 0 radical (unpaired) electrons. The van der Waals surface area contributed by atoms with Gasteiger partial charge in [0.05, 0.1) is 29.7 Å². The molecule has 4 rings (SSSR count). The Hall–Kier alpha value is -3.12. The Labute approximate surface area is 154 Å². The molecule has 0 N–H and O–H groups in total. The Morgan fingerprint density at radius 1 is 1.08 bits per heavy atom. The topological polar surface area (TPSA) is 61.9 Å². The van der Waals surface area contributed by atoms with Gasteiger partial charge in [0.1, 0.15) is 17.0 Å². The number of nitrogens with zero attached hydrogens (tertiary/aromatic N) is 4. The summed E-state index contributed by atoms with van der Waals surface area (Å²) in [4.78, 5) is 17.6. The summed E-state index contributed by atoms with van der Waals surface area (Å²) in [5.41, 5.74) is 1.69. The SMILES string of the molecule is COc1ccc(-n2c(C)nc3c(cnn3-c3ccccc3Cl)c2=O)cc1. The first-order valence-electron chi connectivity index (χ1n) is 7.97. The summed E-state index contributed by atoms with van der Waals surface area (Å²) in [6, 6.07) is 14.6. The molecule has 0 amide bonds. The van der Waals surface area contributed by atoms with Crippen molar-refractivity contribution in [1.82, 2.24) is 19.3 Å². The number of hydrogen-bond donors (Lipinski definition) is 0. The van der Waals surface area contributed by atoms with Gasteiger partial charge >= 0.3 is 0 Å². The molecule has 0 aliphatic heterocycles. The number of halogens is 1. The molecule has 130 valence electrons. The van der Waals surface area contributed by atoms with Crippen molar-refractivity contribution in [2.75, 3.05) is 7.11 Å². The number of benzene rings is 2. The number of aromatic nitrogens is 4. The largest absolute Gasteiger partial charge is 0.497 e. The molecule has 0 fully saturated rings. The van der Waals surface area contributed by atoms with Crippen LogP contribution in [-0.2, 0) is 0 Å². The second-order valence-electron chi connectivity index (χ2n) is 5.74. The van der Waals surface area contributed by atoms with Crippen LogP contribution in [0.3, 0.4) is 0 Å². The molecule has 2 heterocycles. The summed E-state index contributed by atoms with van der Waals surface area (Å²) < 4.78 is 8.31. The van der Waals surface area contributed by atoms with E-state index in [1.165, 1.54) is 6.20 Å². The second kappa shape index (κ2) is 6.31. The van der Waals surface area contributed by atoms with Gasteiger partial charge in [0.15, 0.2) is 5.65 Å². The number of methoxy groups -OCH3 is 1. The maximum absolute atomic E-state index is 13.0. The lowest BCUT2D eigenvalue weighted by Crippen LogP contribution is -2.22. The van der Waals surface area contributed by atoms with Crippen molar-refractivity contribution in [3.8, 4) is 17.1 Å². The molecule has 0 aliphatic rings. The van der Waals surface area contributed by atoms with E-state index < -0.39 is 0 Å². The Kier molecular flexibility index (Phi) is 3.97. The molecule has 0 atom stereocenters. The number of aryl methyl sites for hydroxylation is 1. The van der Waals surface area contributed by atoms with E-state index in [1.54, 1.807) is 41.5 Å². The lowest BCUT2D eigenvalue weighted by molar-refractivity contribution is 0.414. The van der Waals surface area contributed by atoms with Gasteiger partial charge in [-0.1, -0.05) is 23.7 Å². The molecule has 0 bridgehead atoms. The normalized spacial score (nSPS) is 11.0. The standard InChI is InChI=1S/C19H15ClN4O2/c1-12-22-18-15(11-21-24(18)17-6-4-3-5-16(17)20)19(25)23(12)13-7-9-14(26-2)10-8-13/h3-11H,1-2H3. The average Bonchev–Trinajstić information content (AvgIpc) is 3.06. The van der Waals surface area contributed by atoms with Crippen LogP contribution in [0.2, 0.25) is 5.02 Å². The minimum absolute atomic E-state index is 0.184. The van der Waals surface area contributed by atoms with Gasteiger partial charge in [0.2, 0.25) is 0 Å². The van der Waals surface area contributed by atoms with Crippen molar-refractivity contribution in [2.45, 2.75) is 6.92 Å². The fraction of sp³-hybridized carbons (Fsp3) is 0.105. The number of ether oxygens (including phenoxy) is 1. The third-order valence-electron chi connectivity index (χ3n) is 4.18. The zero-order valence-corrected chi connectivity index (χ0v) is 14.9. The maximum atomic E-state index is 13.0. The van der Waals surface area contributed by atoms with E-state index >= 15 is 0 Å². The van der Waals surface area contributed by atoms with E-state index in [0.717, 1.165) is 5.75 Å². The number of fused-ring (bicyclic) bond motifs is 1. The van der Waals surface area contributed by atoms with Crippen molar-refractivity contribution in [3.63, 3.8) is 0 Å². The number of para-hydroxylation sites is 1. The van der Waals surface area contributed by atoms with Crippen molar-refractivity contribution in [3.05, 3.63) is 75.9 Å². The molecule has 0 saturated heterocycles. The minimum atomic E-state index is -0.184. The molecule has 4 aromatic rings. The molecule has 2 aromatic carbocycles. The molecule has 7 heteroatoms. The van der Waals surface area contributed by atoms with Crippen molar-refractivity contribution in [2.24, 2.45) is 0 Å². The third-order valence-corrected chi connectivity index (χ3v) is 4.50. The highest BCUT2D eigenvalue weighted by atomic mass is 35.5. The fourth-order valence-electron chi connectivity index (χ4n) is 2.91. The fourth-order valence-corrected chi connectivity index (χ4v) is 3.12. The van der Waals surface area contributed by atoms with Crippen LogP contribution >= 0.6 is 11.6 Å². The van der Waals surface area contributed by atoms with Gasteiger partial charge in [-0.15, -0.1) is 0 Å². The van der Waals surface area contributed by atoms with Gasteiger partial charge in [0.25, 0.3) is 5.56 Å². The van der Waals surface area contributed by atoms with E-state index in [-0.39, 0.29) is 5.56 Å². The summed E-state index contributed by atoms with van der Waals surface area (Å²) in [7, 11) is 1.60. The molecule has 26 heavy (non-hydrogen) atoms. The first kappa shape index (κ1) is 16.4. The van der Waals surface area contributed by atoms with Crippen molar-refractivity contribution in [1.29, 1.82) is 0 Å². The van der Waals surface area contributed by atoms with Gasteiger partial charge < -0.3 is 4.74 Å². The van der Waals surface area contributed by atoms with E-state index in [4.69, 9.17) is 16.3 Å². The van der Waals surface area contributed by atoms with Gasteiger partial charge in [-0.05, 0) is 43.3 Å². The predicted molar refractivity (Wildman–Crippen MR) is 101 cm³/mol. The van der Waals surface area contributed by atoms with E-state index in [0.29, 0.717) is 33.3 Å². The van der Waals surface area contributed by atoms with Gasteiger partial charge in [-0.25, -0.2) is 9.67 Å². The first-order chi connectivity index (χ1) is 12.6. The zero-order valence-electron chi connectivity index (χ0n) is 14.2. The Morgan fingerprint density at radius 3 is 2.50 bits per heavy atom. The summed E-state index contributed by atoms with van der Waals surface area (Å²) in [6.07, 6.45) is 1.52. The van der Waals surface area contributed by atoms with Crippen LogP contribution < -0.4 is 10.3 Å². The van der Waals surface area contributed by atoms with E-state index in [1.807, 2.05) is 30.3 Å². The molecule has 0 saturated carbocycles. The molecular formula is C19H15ClN4O2. The van der Waals surface area contributed by atoms with Gasteiger partial charge in [0, 0.05) is 0 Å². The van der Waals surface area contributed by atoms with E-state index in [2.05, 4.69) is 10.1 Å². The van der Waals surface area contributed by atoms with Crippen LogP contribution in [0, 0.1) is 6.92 Å². The number of rotatable bonds is 3. The highest BCUT2D eigenvalue weighted by molar-refractivity contribution is 6.32. The van der Waals surface area contributed by atoms with Crippen LogP contribution in [0.5, 0.6) is 5.75 Å². The summed E-state index contributed by atoms with van der Waals surface area (Å²) in [6.45, 7) is 1.79. The smallest absolute Gasteiger partial charge is 0.269 e. The van der Waals surface area contributed by atoms with Crippen LogP contribution in [-0.4, -0.2) is 26.4 Å². The maximum Gasteiger partial charge on any atom is 0.269 e. The lowest BCUT2D eigenvalue weighted by Gasteiger charge is -2.11. The van der Waals surface area contributed by atoms with Crippen LogP contribution in [0.15, 0.2) is 59.5 Å². The third kappa shape index (κ3) is 2.55.